The van der Waals surface area contributed by atoms with Gasteiger partial charge in [-0.15, -0.1) is 0 Å². The molecule has 4 heteroatoms. The maximum atomic E-state index is 11.6. The zero-order chi connectivity index (χ0) is 12.1. The van der Waals surface area contributed by atoms with E-state index in [9.17, 15) is 4.79 Å². The predicted molar refractivity (Wildman–Crippen MR) is 66.8 cm³/mol. The molecule has 0 aliphatic heterocycles. The van der Waals surface area contributed by atoms with E-state index in [0.717, 1.165) is 31.4 Å². The second kappa shape index (κ2) is 5.68. The highest BCUT2D eigenvalue weighted by Gasteiger charge is 2.25. The molecule has 1 amide bonds. The summed E-state index contributed by atoms with van der Waals surface area (Å²) in [5.74, 6) is 0. The number of hydrogen-bond donors (Lipinski definition) is 2. The van der Waals surface area contributed by atoms with E-state index in [4.69, 9.17) is 10.5 Å². The van der Waals surface area contributed by atoms with Crippen LogP contribution in [0.1, 0.15) is 25.7 Å². The molecule has 17 heavy (non-hydrogen) atoms. The van der Waals surface area contributed by atoms with Crippen LogP contribution in [0, 0.1) is 0 Å². The number of anilines is 1. The van der Waals surface area contributed by atoms with Gasteiger partial charge < -0.3 is 10.5 Å². The Bertz CT molecular complexity index is 367. The fraction of sp³-hybridized carbons (Fsp3) is 0.462. The summed E-state index contributed by atoms with van der Waals surface area (Å²) in [6, 6.07) is 9.24. The third kappa shape index (κ3) is 3.46. The zero-order valence-corrected chi connectivity index (χ0v) is 9.76. The summed E-state index contributed by atoms with van der Waals surface area (Å²) in [5, 5.41) is 2.69. The second-order valence-corrected chi connectivity index (χ2v) is 4.38. The Kier molecular flexibility index (Phi) is 3.98. The molecule has 0 bridgehead atoms. The molecule has 1 aromatic carbocycles. The Morgan fingerprint density at radius 2 is 1.94 bits per heavy atom. The van der Waals surface area contributed by atoms with E-state index < -0.39 is 6.09 Å². The fourth-order valence-electron chi connectivity index (χ4n) is 2.08. The molecular weight excluding hydrogens is 216 g/mol. The molecule has 0 radical (unpaired) electrons. The first-order valence-corrected chi connectivity index (χ1v) is 6.04. The van der Waals surface area contributed by atoms with Crippen LogP contribution in [0.3, 0.4) is 0 Å². The highest BCUT2D eigenvalue weighted by Crippen LogP contribution is 2.20. The first kappa shape index (κ1) is 11.9. The monoisotopic (exact) mass is 234 g/mol. The quantitative estimate of drug-likeness (QED) is 0.826. The Morgan fingerprint density at radius 3 is 2.65 bits per heavy atom. The van der Waals surface area contributed by atoms with Crippen LogP contribution in [0.25, 0.3) is 0 Å². The highest BCUT2D eigenvalue weighted by atomic mass is 16.6. The van der Waals surface area contributed by atoms with Crippen molar-refractivity contribution in [2.24, 2.45) is 5.73 Å². The molecule has 92 valence electrons. The van der Waals surface area contributed by atoms with E-state index in [1.807, 2.05) is 30.3 Å². The third-order valence-electron chi connectivity index (χ3n) is 3.03. The van der Waals surface area contributed by atoms with Crippen LogP contribution < -0.4 is 11.1 Å². The minimum atomic E-state index is -0.418. The third-order valence-corrected chi connectivity index (χ3v) is 3.03. The van der Waals surface area contributed by atoms with Crippen molar-refractivity contribution in [3.63, 3.8) is 0 Å². The number of carbonyl (C=O) groups excluding carboxylic acids is 1. The van der Waals surface area contributed by atoms with Gasteiger partial charge in [0.05, 0.1) is 0 Å². The summed E-state index contributed by atoms with van der Waals surface area (Å²) in [6.45, 7) is 0. The van der Waals surface area contributed by atoms with Crippen LogP contribution in [-0.2, 0) is 4.74 Å². The summed E-state index contributed by atoms with van der Waals surface area (Å²) in [5.41, 5.74) is 6.65. The fourth-order valence-corrected chi connectivity index (χ4v) is 2.08. The van der Waals surface area contributed by atoms with E-state index in [2.05, 4.69) is 5.32 Å². The van der Waals surface area contributed by atoms with Crippen LogP contribution in [0.15, 0.2) is 30.3 Å². The van der Waals surface area contributed by atoms with Gasteiger partial charge in [0.15, 0.2) is 0 Å². The average Bonchev–Trinajstić information content (AvgIpc) is 2.33. The lowest BCUT2D eigenvalue weighted by Gasteiger charge is -2.28. The van der Waals surface area contributed by atoms with Crippen molar-refractivity contribution in [3.8, 4) is 0 Å². The van der Waals surface area contributed by atoms with Crippen LogP contribution >= 0.6 is 0 Å². The van der Waals surface area contributed by atoms with Crippen LogP contribution in [0.5, 0.6) is 0 Å². The summed E-state index contributed by atoms with van der Waals surface area (Å²) in [6.07, 6.45) is 3.44. The van der Waals surface area contributed by atoms with Crippen molar-refractivity contribution in [2.75, 3.05) is 5.32 Å². The molecule has 1 aliphatic carbocycles. The molecule has 2 unspecified atom stereocenters. The molecule has 2 atom stereocenters. The lowest BCUT2D eigenvalue weighted by atomic mass is 9.93. The van der Waals surface area contributed by atoms with Crippen LogP contribution in [0.4, 0.5) is 10.5 Å². The lowest BCUT2D eigenvalue weighted by molar-refractivity contribution is 0.0728. The Morgan fingerprint density at radius 1 is 1.24 bits per heavy atom. The molecule has 0 aromatic heterocycles. The summed E-state index contributed by atoms with van der Waals surface area (Å²) in [4.78, 5) is 11.6. The van der Waals surface area contributed by atoms with Crippen molar-refractivity contribution in [1.82, 2.24) is 0 Å². The largest absolute Gasteiger partial charge is 0.444 e. The van der Waals surface area contributed by atoms with Crippen molar-refractivity contribution in [3.05, 3.63) is 30.3 Å². The van der Waals surface area contributed by atoms with Gasteiger partial charge in [0.25, 0.3) is 0 Å². The summed E-state index contributed by atoms with van der Waals surface area (Å²) < 4.78 is 5.33. The van der Waals surface area contributed by atoms with Gasteiger partial charge in [-0.3, -0.25) is 5.32 Å². The Labute approximate surface area is 101 Å². The van der Waals surface area contributed by atoms with E-state index in [-0.39, 0.29) is 12.1 Å². The van der Waals surface area contributed by atoms with Gasteiger partial charge in [0, 0.05) is 11.7 Å². The van der Waals surface area contributed by atoms with Gasteiger partial charge in [0.1, 0.15) is 6.10 Å². The van der Waals surface area contributed by atoms with Crippen molar-refractivity contribution in [1.29, 1.82) is 0 Å². The molecule has 1 aliphatic rings. The zero-order valence-electron chi connectivity index (χ0n) is 9.76. The number of nitrogens with two attached hydrogens (primary N) is 1. The molecule has 3 N–H and O–H groups in total. The average molecular weight is 234 g/mol. The number of amides is 1. The van der Waals surface area contributed by atoms with Crippen molar-refractivity contribution >= 4 is 11.8 Å². The highest BCUT2D eigenvalue weighted by molar-refractivity contribution is 5.84. The van der Waals surface area contributed by atoms with E-state index >= 15 is 0 Å². The molecule has 1 aromatic rings. The van der Waals surface area contributed by atoms with Gasteiger partial charge in [-0.2, -0.15) is 0 Å². The molecule has 1 fully saturated rings. The molecule has 0 heterocycles. The number of carbonyl (C=O) groups is 1. The van der Waals surface area contributed by atoms with Gasteiger partial charge in [-0.05, 0) is 31.4 Å². The first-order valence-electron chi connectivity index (χ1n) is 6.04. The normalized spacial score (nSPS) is 24.1. The van der Waals surface area contributed by atoms with Crippen molar-refractivity contribution in [2.45, 2.75) is 37.8 Å². The lowest BCUT2D eigenvalue weighted by Crippen LogP contribution is -2.41. The summed E-state index contributed by atoms with van der Waals surface area (Å²) >= 11 is 0. The number of nitrogens with one attached hydrogen (secondary N) is 1. The molecule has 0 saturated heterocycles. The topological polar surface area (TPSA) is 64.3 Å². The smallest absolute Gasteiger partial charge is 0.411 e. The first-order chi connectivity index (χ1) is 8.25. The SMILES string of the molecule is NC1CCCCC1OC(=O)Nc1ccccc1. The van der Waals surface area contributed by atoms with Gasteiger partial charge in [-0.1, -0.05) is 24.6 Å². The number of rotatable bonds is 2. The Balaban J connectivity index is 1.84. The maximum Gasteiger partial charge on any atom is 0.411 e. The molecule has 0 spiro atoms. The minimum absolute atomic E-state index is 0.0229. The van der Waals surface area contributed by atoms with E-state index in [0.29, 0.717) is 0 Å². The van der Waals surface area contributed by atoms with Crippen LogP contribution in [-0.4, -0.2) is 18.2 Å². The minimum Gasteiger partial charge on any atom is -0.444 e. The van der Waals surface area contributed by atoms with E-state index in [1.165, 1.54) is 0 Å². The summed E-state index contributed by atoms with van der Waals surface area (Å²) in [7, 11) is 0. The second-order valence-electron chi connectivity index (χ2n) is 4.38. The molecule has 2 rings (SSSR count). The number of para-hydroxylation sites is 1. The standard InChI is InChI=1S/C13H18N2O2/c14-11-8-4-5-9-12(11)17-13(16)15-10-6-2-1-3-7-10/h1-3,6-7,11-12H,4-5,8-9,14H2,(H,15,16). The van der Waals surface area contributed by atoms with Gasteiger partial charge in [0.2, 0.25) is 0 Å². The number of benzene rings is 1. The maximum absolute atomic E-state index is 11.6. The molecule has 1 saturated carbocycles. The van der Waals surface area contributed by atoms with Crippen molar-refractivity contribution < 1.29 is 9.53 Å². The predicted octanol–water partition coefficient (Wildman–Crippen LogP) is 2.51. The van der Waals surface area contributed by atoms with E-state index in [1.54, 1.807) is 0 Å². The molecular formula is C13H18N2O2. The van der Waals surface area contributed by atoms with Gasteiger partial charge >= 0.3 is 6.09 Å². The molecule has 4 nitrogen and oxygen atoms in total. The van der Waals surface area contributed by atoms with Crippen LogP contribution in [0.2, 0.25) is 0 Å². The Hall–Kier alpha value is -1.55. The van der Waals surface area contributed by atoms with Gasteiger partial charge in [-0.25, -0.2) is 4.79 Å². The number of hydrogen-bond acceptors (Lipinski definition) is 3. The number of ether oxygens (including phenoxy) is 1.